The van der Waals surface area contributed by atoms with Crippen molar-refractivity contribution >= 4 is 11.8 Å². The summed E-state index contributed by atoms with van der Waals surface area (Å²) in [5.74, 6) is 2.56. The molecule has 2 fully saturated rings. The molecule has 2 aliphatic carbocycles. The summed E-state index contributed by atoms with van der Waals surface area (Å²) in [6.07, 6.45) is 5.02. The highest BCUT2D eigenvalue weighted by molar-refractivity contribution is 7.99. The molecule has 1 aromatic heterocycles. The van der Waals surface area contributed by atoms with E-state index in [4.69, 9.17) is 5.26 Å². The highest BCUT2D eigenvalue weighted by Gasteiger charge is 2.36. The average molecular weight is 277 g/mol. The minimum atomic E-state index is -0.108. The number of rotatable bonds is 7. The van der Waals surface area contributed by atoms with E-state index in [1.165, 1.54) is 31.5 Å². The number of aromatic nitrogens is 3. The summed E-state index contributed by atoms with van der Waals surface area (Å²) < 4.78 is 2.34. The minimum Gasteiger partial charge on any atom is -0.303 e. The highest BCUT2D eigenvalue weighted by Crippen LogP contribution is 2.45. The van der Waals surface area contributed by atoms with Gasteiger partial charge in [0.15, 0.2) is 5.16 Å². The summed E-state index contributed by atoms with van der Waals surface area (Å²) in [4.78, 5) is 0. The monoisotopic (exact) mass is 277 g/mol. The van der Waals surface area contributed by atoms with Crippen molar-refractivity contribution in [2.45, 2.75) is 55.8 Å². The van der Waals surface area contributed by atoms with Crippen molar-refractivity contribution < 1.29 is 0 Å². The van der Waals surface area contributed by atoms with Crippen LogP contribution in [0.4, 0.5) is 0 Å². The maximum absolute atomic E-state index is 9.06. The average Bonchev–Trinajstić information content (AvgIpc) is 3.33. The van der Waals surface area contributed by atoms with E-state index >= 15 is 0 Å². The predicted octanol–water partition coefficient (Wildman–Crippen LogP) is 2.08. The van der Waals surface area contributed by atoms with Crippen molar-refractivity contribution in [3.63, 3.8) is 0 Å². The van der Waals surface area contributed by atoms with Gasteiger partial charge in [-0.3, -0.25) is 0 Å². The molecular weight excluding hydrogens is 258 g/mol. The first-order valence-corrected chi connectivity index (χ1v) is 8.02. The summed E-state index contributed by atoms with van der Waals surface area (Å²) in [5.41, 5.74) is 0. The van der Waals surface area contributed by atoms with Gasteiger partial charge in [-0.2, -0.15) is 5.26 Å². The second-order valence-electron chi connectivity index (χ2n) is 5.27. The van der Waals surface area contributed by atoms with Crippen LogP contribution in [0.25, 0.3) is 0 Å². The third-order valence-corrected chi connectivity index (χ3v) is 4.57. The number of nitrogens with zero attached hydrogens (tertiary/aromatic N) is 4. The molecule has 0 radical (unpaired) electrons. The number of hydrogen-bond acceptors (Lipinski definition) is 5. The van der Waals surface area contributed by atoms with Crippen LogP contribution in [-0.2, 0) is 0 Å². The molecule has 19 heavy (non-hydrogen) atoms. The lowest BCUT2D eigenvalue weighted by Crippen LogP contribution is -2.29. The summed E-state index contributed by atoms with van der Waals surface area (Å²) in [7, 11) is 0. The Morgan fingerprint density at radius 3 is 2.79 bits per heavy atom. The molecule has 6 heteroatoms. The van der Waals surface area contributed by atoms with Gasteiger partial charge in [0.05, 0.1) is 6.07 Å². The Labute approximate surface area is 117 Å². The molecular formula is C13H19N5S. The van der Waals surface area contributed by atoms with Gasteiger partial charge in [-0.25, -0.2) is 0 Å². The molecule has 0 saturated heterocycles. The number of hydrogen-bond donors (Lipinski definition) is 1. The molecule has 1 heterocycles. The molecule has 0 aliphatic heterocycles. The van der Waals surface area contributed by atoms with Crippen LogP contribution in [0.3, 0.4) is 0 Å². The van der Waals surface area contributed by atoms with E-state index in [0.29, 0.717) is 12.0 Å². The molecule has 1 unspecified atom stereocenters. The second kappa shape index (κ2) is 5.51. The smallest absolute Gasteiger partial charge is 0.191 e. The predicted molar refractivity (Wildman–Crippen MR) is 74.1 cm³/mol. The SMILES string of the molecule is CCNC(C#N)CSc1nnc(C2CC2)n1C1CC1. The first kappa shape index (κ1) is 12.9. The molecule has 1 atom stereocenters. The lowest BCUT2D eigenvalue weighted by molar-refractivity contribution is 0.624. The van der Waals surface area contributed by atoms with Crippen molar-refractivity contribution in [1.82, 2.24) is 20.1 Å². The Hall–Kier alpha value is -1.06. The maximum Gasteiger partial charge on any atom is 0.191 e. The van der Waals surface area contributed by atoms with Crippen LogP contribution < -0.4 is 5.32 Å². The normalized spacial score (nSPS) is 20.2. The lowest BCUT2D eigenvalue weighted by atomic mass is 10.4. The van der Waals surface area contributed by atoms with E-state index in [9.17, 15) is 0 Å². The van der Waals surface area contributed by atoms with E-state index in [-0.39, 0.29) is 6.04 Å². The molecule has 2 aliphatic rings. The minimum absolute atomic E-state index is 0.108. The fraction of sp³-hybridized carbons (Fsp3) is 0.769. The Morgan fingerprint density at radius 2 is 2.21 bits per heavy atom. The standard InChI is InChI=1S/C13H19N5S/c1-2-15-10(7-14)8-19-13-17-16-12(9-3-4-9)18(13)11-5-6-11/h9-11,15H,2-6,8H2,1H3. The van der Waals surface area contributed by atoms with Crippen molar-refractivity contribution in [3.8, 4) is 6.07 Å². The molecule has 1 aromatic rings. The third kappa shape index (κ3) is 2.93. The summed E-state index contributed by atoms with van der Waals surface area (Å²) in [6, 6.07) is 2.80. The zero-order valence-electron chi connectivity index (χ0n) is 11.2. The summed E-state index contributed by atoms with van der Waals surface area (Å²) in [5, 5.41) is 22.0. The van der Waals surface area contributed by atoms with Gasteiger partial charge in [-0.05, 0) is 32.2 Å². The van der Waals surface area contributed by atoms with Gasteiger partial charge in [0.25, 0.3) is 0 Å². The molecule has 0 spiro atoms. The number of nitrogens with one attached hydrogen (secondary N) is 1. The van der Waals surface area contributed by atoms with Gasteiger partial charge in [-0.15, -0.1) is 10.2 Å². The van der Waals surface area contributed by atoms with Gasteiger partial charge >= 0.3 is 0 Å². The van der Waals surface area contributed by atoms with Crippen molar-refractivity contribution in [3.05, 3.63) is 5.82 Å². The van der Waals surface area contributed by atoms with Crippen molar-refractivity contribution in [2.24, 2.45) is 0 Å². The number of thioether (sulfide) groups is 1. The van der Waals surface area contributed by atoms with Crippen LogP contribution in [0, 0.1) is 11.3 Å². The fourth-order valence-corrected chi connectivity index (χ4v) is 3.22. The Kier molecular flexibility index (Phi) is 3.76. The molecule has 3 rings (SSSR count). The van der Waals surface area contributed by atoms with Gasteiger partial charge in [0, 0.05) is 17.7 Å². The maximum atomic E-state index is 9.06. The van der Waals surface area contributed by atoms with Gasteiger partial charge in [0.2, 0.25) is 0 Å². The molecule has 2 saturated carbocycles. The van der Waals surface area contributed by atoms with E-state index in [2.05, 4.69) is 26.2 Å². The van der Waals surface area contributed by atoms with Crippen LogP contribution in [0.1, 0.15) is 50.4 Å². The van der Waals surface area contributed by atoms with Gasteiger partial charge in [0.1, 0.15) is 11.9 Å². The first-order chi connectivity index (χ1) is 9.33. The first-order valence-electron chi connectivity index (χ1n) is 7.04. The Bertz CT molecular complexity index is 484. The Morgan fingerprint density at radius 1 is 1.42 bits per heavy atom. The van der Waals surface area contributed by atoms with E-state index < -0.39 is 0 Å². The second-order valence-corrected chi connectivity index (χ2v) is 6.25. The highest BCUT2D eigenvalue weighted by atomic mass is 32.2. The van der Waals surface area contributed by atoms with Gasteiger partial charge in [-0.1, -0.05) is 18.7 Å². The van der Waals surface area contributed by atoms with E-state index in [1.807, 2.05) is 6.92 Å². The molecule has 102 valence electrons. The topological polar surface area (TPSA) is 66.5 Å². The van der Waals surface area contributed by atoms with Crippen molar-refractivity contribution in [2.75, 3.05) is 12.3 Å². The largest absolute Gasteiger partial charge is 0.303 e. The zero-order chi connectivity index (χ0) is 13.2. The van der Waals surface area contributed by atoms with Crippen LogP contribution in [0.15, 0.2) is 5.16 Å². The fourth-order valence-electron chi connectivity index (χ4n) is 2.23. The lowest BCUT2D eigenvalue weighted by Gasteiger charge is -2.10. The molecule has 5 nitrogen and oxygen atoms in total. The van der Waals surface area contributed by atoms with Gasteiger partial charge < -0.3 is 9.88 Å². The zero-order valence-corrected chi connectivity index (χ0v) is 12.0. The number of nitriles is 1. The quantitative estimate of drug-likeness (QED) is 0.773. The van der Waals surface area contributed by atoms with Crippen LogP contribution in [0.5, 0.6) is 0 Å². The van der Waals surface area contributed by atoms with E-state index in [1.54, 1.807) is 11.8 Å². The van der Waals surface area contributed by atoms with Crippen molar-refractivity contribution in [1.29, 1.82) is 5.26 Å². The molecule has 1 N–H and O–H groups in total. The summed E-state index contributed by atoms with van der Waals surface area (Å²) in [6.45, 7) is 2.84. The molecule has 0 bridgehead atoms. The third-order valence-electron chi connectivity index (χ3n) is 3.53. The summed E-state index contributed by atoms with van der Waals surface area (Å²) >= 11 is 1.66. The Balaban J connectivity index is 1.68. The van der Waals surface area contributed by atoms with Crippen LogP contribution in [0.2, 0.25) is 0 Å². The van der Waals surface area contributed by atoms with Crippen LogP contribution >= 0.6 is 11.8 Å². The molecule has 0 amide bonds. The van der Waals surface area contributed by atoms with E-state index in [0.717, 1.165) is 17.5 Å². The molecule has 0 aromatic carbocycles. The van der Waals surface area contributed by atoms with Crippen LogP contribution in [-0.4, -0.2) is 33.1 Å².